The van der Waals surface area contributed by atoms with Crippen molar-refractivity contribution in [2.75, 3.05) is 13.1 Å². The molecule has 0 spiro atoms. The highest BCUT2D eigenvalue weighted by molar-refractivity contribution is 5.96. The number of nitrogens with one attached hydrogen (secondary N) is 1. The number of hydrogen-bond acceptors (Lipinski definition) is 3. The summed E-state index contributed by atoms with van der Waals surface area (Å²) in [6.07, 6.45) is 10.2. The van der Waals surface area contributed by atoms with Crippen LogP contribution in [0.15, 0.2) is 18.2 Å². The lowest BCUT2D eigenvalue weighted by atomic mass is 10.1. The van der Waals surface area contributed by atoms with Crippen LogP contribution < -0.4 is 5.32 Å². The molecule has 2 heterocycles. The van der Waals surface area contributed by atoms with E-state index in [1.165, 1.54) is 32.1 Å². The fourth-order valence-corrected chi connectivity index (χ4v) is 3.62. The molecule has 1 aliphatic heterocycles. The molecule has 0 aromatic carbocycles. The molecule has 2 fully saturated rings. The molecule has 1 aliphatic carbocycles. The van der Waals surface area contributed by atoms with Crippen LogP contribution in [0.25, 0.3) is 0 Å². The maximum absolute atomic E-state index is 12.5. The molecule has 3 rings (SSSR count). The fourth-order valence-electron chi connectivity index (χ4n) is 3.62. The molecule has 1 saturated heterocycles. The number of nitrogens with zero attached hydrogens (tertiary/aromatic N) is 2. The predicted molar refractivity (Wildman–Crippen MR) is 92.9 cm³/mol. The third-order valence-electron chi connectivity index (χ3n) is 5.03. The van der Waals surface area contributed by atoms with Gasteiger partial charge in [-0.15, -0.1) is 0 Å². The second-order valence-corrected chi connectivity index (χ2v) is 6.92. The molecule has 0 radical (unpaired) electrons. The maximum atomic E-state index is 12.5. The summed E-state index contributed by atoms with van der Waals surface area (Å²) < 4.78 is 0. The second-order valence-electron chi connectivity index (χ2n) is 6.92. The minimum absolute atomic E-state index is 0.0567. The zero-order chi connectivity index (χ0) is 16.8. The van der Waals surface area contributed by atoms with Gasteiger partial charge >= 0.3 is 0 Å². The third kappa shape index (κ3) is 4.34. The molecular weight excluding hydrogens is 302 g/mol. The molecule has 0 unspecified atom stereocenters. The smallest absolute Gasteiger partial charge is 0.272 e. The molecule has 1 saturated carbocycles. The summed E-state index contributed by atoms with van der Waals surface area (Å²) in [6, 6.07) is 5.40. The minimum Gasteiger partial charge on any atom is -0.348 e. The van der Waals surface area contributed by atoms with E-state index < -0.39 is 0 Å². The van der Waals surface area contributed by atoms with Crippen LogP contribution in [0, 0.1) is 0 Å². The van der Waals surface area contributed by atoms with Crippen LogP contribution in [0.3, 0.4) is 0 Å². The van der Waals surface area contributed by atoms with Crippen molar-refractivity contribution in [1.29, 1.82) is 0 Å². The highest BCUT2D eigenvalue weighted by Crippen LogP contribution is 2.18. The Morgan fingerprint density at radius 3 is 2.25 bits per heavy atom. The first kappa shape index (κ1) is 16.9. The number of carbonyl (C=O) groups excluding carboxylic acids is 2. The summed E-state index contributed by atoms with van der Waals surface area (Å²) in [5.74, 6) is -0.214. The predicted octanol–water partition coefficient (Wildman–Crippen LogP) is 3.16. The summed E-state index contributed by atoms with van der Waals surface area (Å²) >= 11 is 0. The monoisotopic (exact) mass is 329 g/mol. The van der Waals surface area contributed by atoms with E-state index in [0.717, 1.165) is 38.8 Å². The van der Waals surface area contributed by atoms with E-state index in [4.69, 9.17) is 0 Å². The number of likely N-dealkylation sites (tertiary alicyclic amines) is 1. The quantitative estimate of drug-likeness (QED) is 0.867. The van der Waals surface area contributed by atoms with Crippen molar-refractivity contribution >= 4 is 11.8 Å². The molecule has 1 aromatic rings. The van der Waals surface area contributed by atoms with E-state index in [-0.39, 0.29) is 17.9 Å². The van der Waals surface area contributed by atoms with Crippen molar-refractivity contribution in [2.24, 2.45) is 0 Å². The van der Waals surface area contributed by atoms with Crippen molar-refractivity contribution < 1.29 is 9.59 Å². The molecule has 5 nitrogen and oxygen atoms in total. The first-order chi connectivity index (χ1) is 11.7. The molecule has 5 heteroatoms. The molecule has 130 valence electrons. The van der Waals surface area contributed by atoms with E-state index in [2.05, 4.69) is 10.3 Å². The van der Waals surface area contributed by atoms with Gasteiger partial charge in [0.1, 0.15) is 11.4 Å². The van der Waals surface area contributed by atoms with Crippen molar-refractivity contribution in [1.82, 2.24) is 15.2 Å². The van der Waals surface area contributed by atoms with Gasteiger partial charge in [0, 0.05) is 19.1 Å². The van der Waals surface area contributed by atoms with Crippen LogP contribution >= 0.6 is 0 Å². The summed E-state index contributed by atoms with van der Waals surface area (Å²) in [4.78, 5) is 31.2. The largest absolute Gasteiger partial charge is 0.348 e. The molecule has 2 amide bonds. The number of piperidine rings is 1. The molecule has 0 atom stereocenters. The first-order valence-corrected chi connectivity index (χ1v) is 9.31. The number of carbonyl (C=O) groups is 2. The van der Waals surface area contributed by atoms with Gasteiger partial charge in [0.2, 0.25) is 0 Å². The van der Waals surface area contributed by atoms with Gasteiger partial charge < -0.3 is 10.2 Å². The van der Waals surface area contributed by atoms with Gasteiger partial charge in [-0.3, -0.25) is 9.59 Å². The minimum atomic E-state index is -0.157. The Morgan fingerprint density at radius 1 is 0.917 bits per heavy atom. The summed E-state index contributed by atoms with van der Waals surface area (Å²) in [7, 11) is 0. The molecule has 0 bridgehead atoms. The zero-order valence-corrected chi connectivity index (χ0v) is 14.3. The van der Waals surface area contributed by atoms with Gasteiger partial charge in [0.25, 0.3) is 11.8 Å². The van der Waals surface area contributed by atoms with Gasteiger partial charge in [-0.2, -0.15) is 0 Å². The number of pyridine rings is 1. The first-order valence-electron chi connectivity index (χ1n) is 9.31. The van der Waals surface area contributed by atoms with Crippen LogP contribution in [0.4, 0.5) is 0 Å². The summed E-state index contributed by atoms with van der Waals surface area (Å²) in [5, 5.41) is 3.09. The average molecular weight is 329 g/mol. The van der Waals surface area contributed by atoms with E-state index in [1.54, 1.807) is 18.2 Å². The lowest BCUT2D eigenvalue weighted by Crippen LogP contribution is -2.37. The number of aromatic nitrogens is 1. The Hall–Kier alpha value is -1.91. The van der Waals surface area contributed by atoms with E-state index in [9.17, 15) is 9.59 Å². The van der Waals surface area contributed by atoms with Crippen molar-refractivity contribution in [3.63, 3.8) is 0 Å². The molecule has 24 heavy (non-hydrogen) atoms. The zero-order valence-electron chi connectivity index (χ0n) is 14.3. The highest BCUT2D eigenvalue weighted by atomic mass is 16.2. The molecular formula is C19H27N3O2. The fraction of sp³-hybridized carbons (Fsp3) is 0.632. The topological polar surface area (TPSA) is 62.3 Å². The lowest BCUT2D eigenvalue weighted by molar-refractivity contribution is 0.0718. The second kappa shape index (κ2) is 8.27. The van der Waals surface area contributed by atoms with Crippen LogP contribution in [-0.2, 0) is 0 Å². The lowest BCUT2D eigenvalue weighted by Gasteiger charge is -2.26. The molecule has 1 aromatic heterocycles. The van der Waals surface area contributed by atoms with Crippen molar-refractivity contribution in [3.05, 3.63) is 29.6 Å². The van der Waals surface area contributed by atoms with Crippen LogP contribution in [0.1, 0.15) is 78.8 Å². The highest BCUT2D eigenvalue weighted by Gasteiger charge is 2.21. The number of rotatable bonds is 3. The van der Waals surface area contributed by atoms with Crippen molar-refractivity contribution in [3.8, 4) is 0 Å². The average Bonchev–Trinajstić information content (AvgIpc) is 2.90. The SMILES string of the molecule is O=C(NC1CCCCCC1)c1cccc(C(=O)N2CCCCC2)n1. The Labute approximate surface area is 143 Å². The van der Waals surface area contributed by atoms with Crippen LogP contribution in [0.5, 0.6) is 0 Å². The van der Waals surface area contributed by atoms with Crippen molar-refractivity contribution in [2.45, 2.75) is 63.8 Å². The molecule has 2 aliphatic rings. The Bertz CT molecular complexity index is 574. The Balaban J connectivity index is 1.65. The van der Waals surface area contributed by atoms with Gasteiger partial charge in [0.05, 0.1) is 0 Å². The van der Waals surface area contributed by atoms with Gasteiger partial charge in [-0.25, -0.2) is 4.98 Å². The van der Waals surface area contributed by atoms with E-state index in [0.29, 0.717) is 11.4 Å². The Morgan fingerprint density at radius 2 is 1.54 bits per heavy atom. The van der Waals surface area contributed by atoms with Gasteiger partial charge in [-0.05, 0) is 44.2 Å². The van der Waals surface area contributed by atoms with E-state index >= 15 is 0 Å². The number of amides is 2. The van der Waals surface area contributed by atoms with E-state index in [1.807, 2.05) is 4.90 Å². The summed E-state index contributed by atoms with van der Waals surface area (Å²) in [6.45, 7) is 1.58. The van der Waals surface area contributed by atoms with Crippen LogP contribution in [0.2, 0.25) is 0 Å². The Kier molecular flexibility index (Phi) is 5.83. The van der Waals surface area contributed by atoms with Crippen LogP contribution in [-0.4, -0.2) is 40.8 Å². The van der Waals surface area contributed by atoms with Gasteiger partial charge in [0.15, 0.2) is 0 Å². The maximum Gasteiger partial charge on any atom is 0.272 e. The standard InChI is InChI=1S/C19H27N3O2/c23-18(20-15-9-4-1-2-5-10-15)16-11-8-12-17(21-16)19(24)22-13-6-3-7-14-22/h8,11-12,15H,1-7,9-10,13-14H2,(H,20,23). The molecule has 1 N–H and O–H groups in total. The summed E-state index contributed by atoms with van der Waals surface area (Å²) in [5.41, 5.74) is 0.729. The van der Waals surface area contributed by atoms with Gasteiger partial charge in [-0.1, -0.05) is 31.7 Å². The third-order valence-corrected chi connectivity index (χ3v) is 5.03. The number of hydrogen-bond donors (Lipinski definition) is 1. The normalized spacial score (nSPS) is 19.6.